The Hall–Kier alpha value is 0.0800. The van der Waals surface area contributed by atoms with Crippen LogP contribution < -0.4 is 10.6 Å². The summed E-state index contributed by atoms with van der Waals surface area (Å²) >= 11 is 11.9. The van der Waals surface area contributed by atoms with Gasteiger partial charge >= 0.3 is 0 Å². The minimum Gasteiger partial charge on any atom is -0.369 e. The molecule has 2 N–H and O–H groups in total. The van der Waals surface area contributed by atoms with Crippen molar-refractivity contribution in [2.45, 2.75) is 36.3 Å². The smallest absolute Gasteiger partial charge is 0.131 e. The fourth-order valence-corrected chi connectivity index (χ4v) is 2.13. The highest BCUT2D eigenvalue weighted by Gasteiger charge is 2.30. The summed E-state index contributed by atoms with van der Waals surface area (Å²) in [5.74, 6) is 0. The van der Waals surface area contributed by atoms with Crippen LogP contribution in [0, 0.1) is 0 Å². The first-order valence-electron chi connectivity index (χ1n) is 4.28. The van der Waals surface area contributed by atoms with Crippen LogP contribution >= 0.6 is 23.2 Å². The highest BCUT2D eigenvalue weighted by molar-refractivity contribution is 6.29. The minimum absolute atomic E-state index is 0.160. The standard InChI is InChI=1S/C8H12Cl2N2/c9-7-8(10)12-6-4-2-1-3-5(6)11-7/h3,6-8,11-12H,1-2,4H2. The molecule has 3 unspecified atom stereocenters. The summed E-state index contributed by atoms with van der Waals surface area (Å²) in [4.78, 5) is 0. The van der Waals surface area contributed by atoms with Gasteiger partial charge in [0.25, 0.3) is 0 Å². The van der Waals surface area contributed by atoms with Crippen molar-refractivity contribution in [1.82, 2.24) is 10.6 Å². The predicted octanol–water partition coefficient (Wildman–Crippen LogP) is 1.75. The molecule has 0 aromatic heterocycles. The third kappa shape index (κ3) is 1.56. The van der Waals surface area contributed by atoms with E-state index in [0.29, 0.717) is 6.04 Å². The van der Waals surface area contributed by atoms with Crippen molar-refractivity contribution in [1.29, 1.82) is 0 Å². The third-order valence-electron chi connectivity index (χ3n) is 2.36. The number of hydrogen-bond acceptors (Lipinski definition) is 2. The van der Waals surface area contributed by atoms with Crippen molar-refractivity contribution in [3.05, 3.63) is 11.8 Å². The predicted molar refractivity (Wildman–Crippen MR) is 51.3 cm³/mol. The molecule has 0 aromatic rings. The summed E-state index contributed by atoms with van der Waals surface area (Å²) in [7, 11) is 0. The molecule has 3 atom stereocenters. The van der Waals surface area contributed by atoms with Crippen LogP contribution in [0.4, 0.5) is 0 Å². The van der Waals surface area contributed by atoms with E-state index >= 15 is 0 Å². The molecule has 0 bridgehead atoms. The van der Waals surface area contributed by atoms with Crippen LogP contribution in [0.3, 0.4) is 0 Å². The van der Waals surface area contributed by atoms with Gasteiger partial charge in [-0.3, -0.25) is 5.32 Å². The molecule has 1 fully saturated rings. The summed E-state index contributed by atoms with van der Waals surface area (Å²) in [6.07, 6.45) is 5.75. The normalized spacial score (nSPS) is 41.2. The molecule has 4 heteroatoms. The molecular formula is C8H12Cl2N2. The average Bonchev–Trinajstić information content (AvgIpc) is 2.07. The zero-order chi connectivity index (χ0) is 8.55. The van der Waals surface area contributed by atoms with E-state index in [0.717, 1.165) is 12.8 Å². The molecule has 0 aromatic carbocycles. The van der Waals surface area contributed by atoms with Gasteiger partial charge in [0.05, 0.1) is 0 Å². The number of allylic oxidation sites excluding steroid dienone is 1. The molecule has 2 rings (SSSR count). The zero-order valence-electron chi connectivity index (χ0n) is 6.69. The maximum Gasteiger partial charge on any atom is 0.131 e. The van der Waals surface area contributed by atoms with Crippen LogP contribution in [0.1, 0.15) is 19.3 Å². The van der Waals surface area contributed by atoms with Gasteiger partial charge in [0.15, 0.2) is 0 Å². The molecule has 0 amide bonds. The van der Waals surface area contributed by atoms with E-state index in [4.69, 9.17) is 23.2 Å². The Bertz CT molecular complexity index is 205. The average molecular weight is 207 g/mol. The van der Waals surface area contributed by atoms with Gasteiger partial charge in [-0.15, -0.1) is 11.6 Å². The summed E-state index contributed by atoms with van der Waals surface area (Å²) < 4.78 is 0. The molecule has 0 radical (unpaired) electrons. The second-order valence-corrected chi connectivity index (χ2v) is 4.20. The summed E-state index contributed by atoms with van der Waals surface area (Å²) in [5, 5.41) is 6.47. The van der Waals surface area contributed by atoms with Crippen LogP contribution in [0.25, 0.3) is 0 Å². The van der Waals surface area contributed by atoms with Crippen LogP contribution in [-0.4, -0.2) is 17.0 Å². The topological polar surface area (TPSA) is 24.1 Å². The van der Waals surface area contributed by atoms with Crippen molar-refractivity contribution in [3.63, 3.8) is 0 Å². The molecule has 1 saturated heterocycles. The summed E-state index contributed by atoms with van der Waals surface area (Å²) in [6, 6.07) is 0.399. The molecule has 1 aliphatic carbocycles. The Balaban J connectivity index is 2.10. The lowest BCUT2D eigenvalue weighted by Crippen LogP contribution is -2.55. The Morgan fingerprint density at radius 3 is 3.00 bits per heavy atom. The van der Waals surface area contributed by atoms with Gasteiger partial charge < -0.3 is 5.32 Å². The van der Waals surface area contributed by atoms with Gasteiger partial charge in [-0.25, -0.2) is 0 Å². The Labute approximate surface area is 82.3 Å². The Morgan fingerprint density at radius 2 is 2.17 bits per heavy atom. The van der Waals surface area contributed by atoms with Crippen LogP contribution in [-0.2, 0) is 0 Å². The molecule has 68 valence electrons. The van der Waals surface area contributed by atoms with Crippen LogP contribution in [0.5, 0.6) is 0 Å². The van der Waals surface area contributed by atoms with Crippen LogP contribution in [0.2, 0.25) is 0 Å². The first-order chi connectivity index (χ1) is 5.77. The quantitative estimate of drug-likeness (QED) is 0.467. The van der Waals surface area contributed by atoms with E-state index in [-0.39, 0.29) is 11.0 Å². The number of alkyl halides is 2. The summed E-state index contributed by atoms with van der Waals surface area (Å²) in [5.41, 5.74) is 0.873. The van der Waals surface area contributed by atoms with Gasteiger partial charge in [-0.2, -0.15) is 0 Å². The van der Waals surface area contributed by atoms with Crippen molar-refractivity contribution >= 4 is 23.2 Å². The van der Waals surface area contributed by atoms with E-state index in [1.54, 1.807) is 0 Å². The van der Waals surface area contributed by atoms with E-state index in [1.165, 1.54) is 12.1 Å². The second kappa shape index (κ2) is 3.44. The monoisotopic (exact) mass is 206 g/mol. The molecule has 1 heterocycles. The first kappa shape index (κ1) is 8.67. The number of piperazine rings is 1. The number of nitrogens with one attached hydrogen (secondary N) is 2. The van der Waals surface area contributed by atoms with Crippen molar-refractivity contribution < 1.29 is 0 Å². The molecule has 12 heavy (non-hydrogen) atoms. The van der Waals surface area contributed by atoms with E-state index in [2.05, 4.69) is 16.7 Å². The summed E-state index contributed by atoms with van der Waals surface area (Å²) in [6.45, 7) is 0. The molecule has 2 aliphatic rings. The van der Waals surface area contributed by atoms with Crippen molar-refractivity contribution in [3.8, 4) is 0 Å². The lowest BCUT2D eigenvalue weighted by molar-refractivity contribution is 0.391. The van der Waals surface area contributed by atoms with Gasteiger partial charge in [0.2, 0.25) is 0 Å². The zero-order valence-corrected chi connectivity index (χ0v) is 8.20. The highest BCUT2D eigenvalue weighted by Crippen LogP contribution is 2.23. The lowest BCUT2D eigenvalue weighted by atomic mass is 9.98. The second-order valence-electron chi connectivity index (χ2n) is 3.26. The van der Waals surface area contributed by atoms with E-state index in [9.17, 15) is 0 Å². The molecule has 2 nitrogen and oxygen atoms in total. The molecule has 0 saturated carbocycles. The van der Waals surface area contributed by atoms with Gasteiger partial charge in [0.1, 0.15) is 11.0 Å². The third-order valence-corrected chi connectivity index (χ3v) is 3.23. The largest absolute Gasteiger partial charge is 0.369 e. The SMILES string of the molecule is ClC1NC2=CCCCC2NC1Cl. The fraction of sp³-hybridized carbons (Fsp3) is 0.750. The maximum atomic E-state index is 5.95. The Morgan fingerprint density at radius 1 is 1.33 bits per heavy atom. The first-order valence-corrected chi connectivity index (χ1v) is 5.15. The number of rotatable bonds is 0. The molecular weight excluding hydrogens is 195 g/mol. The number of fused-ring (bicyclic) bond motifs is 1. The van der Waals surface area contributed by atoms with E-state index < -0.39 is 0 Å². The molecule has 0 spiro atoms. The van der Waals surface area contributed by atoms with Gasteiger partial charge in [0, 0.05) is 11.7 Å². The van der Waals surface area contributed by atoms with Gasteiger partial charge in [-0.05, 0) is 19.3 Å². The molecule has 1 aliphatic heterocycles. The van der Waals surface area contributed by atoms with Crippen molar-refractivity contribution in [2.75, 3.05) is 0 Å². The van der Waals surface area contributed by atoms with Crippen LogP contribution in [0.15, 0.2) is 11.8 Å². The highest BCUT2D eigenvalue weighted by atomic mass is 35.5. The lowest BCUT2D eigenvalue weighted by Gasteiger charge is -2.37. The fourth-order valence-electron chi connectivity index (χ4n) is 1.72. The van der Waals surface area contributed by atoms with Crippen molar-refractivity contribution in [2.24, 2.45) is 0 Å². The van der Waals surface area contributed by atoms with E-state index in [1.807, 2.05) is 0 Å². The number of halogens is 2. The van der Waals surface area contributed by atoms with Gasteiger partial charge in [-0.1, -0.05) is 17.7 Å². The Kier molecular flexibility index (Phi) is 2.49. The minimum atomic E-state index is -0.188. The maximum absolute atomic E-state index is 5.95. The number of hydrogen-bond donors (Lipinski definition) is 2.